The van der Waals surface area contributed by atoms with Crippen LogP contribution in [0.1, 0.15) is 10.4 Å². The quantitative estimate of drug-likeness (QED) is 0.360. The molecule has 0 bridgehead atoms. The standard InChI is InChI=1S/C9H14N6O2/c10-5-6-15(13-11)9(16)7-1-3-8(4-2-7)12-14-17/h1-4,11-12,14,17H,5-6,10H2. The summed E-state index contributed by atoms with van der Waals surface area (Å²) < 4.78 is 0. The normalized spacial score (nSPS) is 9.76. The second kappa shape index (κ2) is 6.53. The summed E-state index contributed by atoms with van der Waals surface area (Å²) in [4.78, 5) is 11.8. The molecule has 1 aromatic rings. The summed E-state index contributed by atoms with van der Waals surface area (Å²) in [5, 5.41) is 12.5. The van der Waals surface area contributed by atoms with Gasteiger partial charge in [0.25, 0.3) is 5.91 Å². The number of amides is 1. The van der Waals surface area contributed by atoms with E-state index in [1.54, 1.807) is 29.9 Å². The minimum Gasteiger partial charge on any atom is -0.329 e. The lowest BCUT2D eigenvalue weighted by atomic mass is 10.2. The van der Waals surface area contributed by atoms with Crippen molar-refractivity contribution in [3.8, 4) is 0 Å². The van der Waals surface area contributed by atoms with Crippen LogP contribution in [0.25, 0.3) is 0 Å². The molecule has 17 heavy (non-hydrogen) atoms. The predicted molar refractivity (Wildman–Crippen MR) is 60.2 cm³/mol. The molecule has 0 aliphatic heterocycles. The van der Waals surface area contributed by atoms with Crippen LogP contribution in [0.5, 0.6) is 0 Å². The lowest BCUT2D eigenvalue weighted by molar-refractivity contribution is 0.0745. The van der Waals surface area contributed by atoms with Crippen LogP contribution in [0.4, 0.5) is 5.69 Å². The monoisotopic (exact) mass is 238 g/mol. The maximum absolute atomic E-state index is 11.8. The van der Waals surface area contributed by atoms with E-state index in [1.165, 1.54) is 0 Å². The van der Waals surface area contributed by atoms with Crippen LogP contribution in [0.15, 0.2) is 29.5 Å². The number of rotatable bonds is 6. The van der Waals surface area contributed by atoms with Gasteiger partial charge >= 0.3 is 0 Å². The van der Waals surface area contributed by atoms with Crippen molar-refractivity contribution in [3.05, 3.63) is 29.8 Å². The number of nitrogens with zero attached hydrogens (tertiary/aromatic N) is 2. The number of carbonyl (C=O) groups excluding carboxylic acids is 1. The first-order valence-electron chi connectivity index (χ1n) is 4.87. The summed E-state index contributed by atoms with van der Waals surface area (Å²) in [6, 6.07) is 6.30. The zero-order valence-corrected chi connectivity index (χ0v) is 9.05. The minimum atomic E-state index is -0.394. The fourth-order valence-electron chi connectivity index (χ4n) is 1.23. The molecule has 0 aliphatic rings. The molecule has 8 nitrogen and oxygen atoms in total. The van der Waals surface area contributed by atoms with Gasteiger partial charge in [0, 0.05) is 12.1 Å². The van der Waals surface area contributed by atoms with Crippen LogP contribution in [0, 0.1) is 5.53 Å². The fraction of sp³-hybridized carbons (Fsp3) is 0.222. The number of nitrogens with one attached hydrogen (secondary N) is 3. The molecule has 8 heteroatoms. The van der Waals surface area contributed by atoms with Crippen molar-refractivity contribution in [1.29, 1.82) is 5.53 Å². The van der Waals surface area contributed by atoms with Gasteiger partial charge in [-0.2, -0.15) is 5.53 Å². The van der Waals surface area contributed by atoms with E-state index in [0.717, 1.165) is 5.01 Å². The number of hydrogen-bond acceptors (Lipinski definition) is 7. The summed E-state index contributed by atoms with van der Waals surface area (Å²) in [6.07, 6.45) is 0. The second-order valence-corrected chi connectivity index (χ2v) is 3.13. The summed E-state index contributed by atoms with van der Waals surface area (Å²) >= 11 is 0. The number of hydrazine groups is 1. The van der Waals surface area contributed by atoms with E-state index in [1.807, 2.05) is 0 Å². The van der Waals surface area contributed by atoms with E-state index in [9.17, 15) is 4.79 Å². The van der Waals surface area contributed by atoms with Crippen LogP contribution in [-0.4, -0.2) is 29.2 Å². The molecule has 0 spiro atoms. The zero-order chi connectivity index (χ0) is 12.7. The molecule has 0 atom stereocenters. The van der Waals surface area contributed by atoms with E-state index >= 15 is 0 Å². The third-order valence-electron chi connectivity index (χ3n) is 2.03. The van der Waals surface area contributed by atoms with Crippen molar-refractivity contribution in [2.75, 3.05) is 18.5 Å². The molecule has 0 unspecified atom stereocenters. The number of carbonyl (C=O) groups is 1. The first-order chi connectivity index (χ1) is 8.22. The Hall–Kier alpha value is -2.03. The largest absolute Gasteiger partial charge is 0.329 e. The fourth-order valence-corrected chi connectivity index (χ4v) is 1.23. The third-order valence-corrected chi connectivity index (χ3v) is 2.03. The van der Waals surface area contributed by atoms with Crippen LogP contribution in [-0.2, 0) is 0 Å². The Kier molecular flexibility index (Phi) is 5.01. The van der Waals surface area contributed by atoms with Gasteiger partial charge in [-0.25, -0.2) is 5.01 Å². The number of anilines is 1. The van der Waals surface area contributed by atoms with E-state index in [-0.39, 0.29) is 13.1 Å². The molecule has 1 rings (SSSR count). The summed E-state index contributed by atoms with van der Waals surface area (Å²) in [7, 11) is 0. The molecular weight excluding hydrogens is 224 g/mol. The predicted octanol–water partition coefficient (Wildman–Crippen LogP) is 0.339. The minimum absolute atomic E-state index is 0.195. The van der Waals surface area contributed by atoms with Gasteiger partial charge in [-0.1, -0.05) is 5.22 Å². The summed E-state index contributed by atoms with van der Waals surface area (Å²) in [5.74, 6) is -0.394. The summed E-state index contributed by atoms with van der Waals surface area (Å²) in [5.41, 5.74) is 17.4. The van der Waals surface area contributed by atoms with Crippen molar-refractivity contribution in [2.45, 2.75) is 0 Å². The highest BCUT2D eigenvalue weighted by Gasteiger charge is 2.13. The Labute approximate surface area is 97.8 Å². The van der Waals surface area contributed by atoms with Crippen LogP contribution in [0.2, 0.25) is 0 Å². The van der Waals surface area contributed by atoms with Gasteiger partial charge in [0.05, 0.1) is 12.2 Å². The van der Waals surface area contributed by atoms with E-state index < -0.39 is 5.91 Å². The number of nitrogens with two attached hydrogens (primary N) is 1. The molecule has 1 amide bonds. The molecule has 6 N–H and O–H groups in total. The van der Waals surface area contributed by atoms with Crippen molar-refractivity contribution >= 4 is 11.6 Å². The Morgan fingerprint density at radius 3 is 2.59 bits per heavy atom. The highest BCUT2D eigenvalue weighted by molar-refractivity contribution is 5.94. The summed E-state index contributed by atoms with van der Waals surface area (Å²) in [6.45, 7) is 0.433. The zero-order valence-electron chi connectivity index (χ0n) is 9.05. The van der Waals surface area contributed by atoms with Gasteiger partial charge in [0.2, 0.25) is 0 Å². The second-order valence-electron chi connectivity index (χ2n) is 3.13. The van der Waals surface area contributed by atoms with Crippen molar-refractivity contribution in [3.63, 3.8) is 0 Å². The number of benzene rings is 1. The maximum atomic E-state index is 11.8. The lowest BCUT2D eigenvalue weighted by Gasteiger charge is -2.13. The first kappa shape index (κ1) is 13.0. The molecule has 0 fully saturated rings. The topological polar surface area (TPSA) is 127 Å². The Balaban J connectivity index is 2.77. The van der Waals surface area contributed by atoms with Crippen molar-refractivity contribution in [1.82, 2.24) is 10.6 Å². The van der Waals surface area contributed by atoms with E-state index in [2.05, 4.69) is 10.6 Å². The molecule has 1 aromatic carbocycles. The van der Waals surface area contributed by atoms with Gasteiger partial charge in [-0.15, -0.1) is 5.59 Å². The molecule has 0 saturated heterocycles. The highest BCUT2D eigenvalue weighted by Crippen LogP contribution is 2.10. The molecule has 0 aromatic heterocycles. The van der Waals surface area contributed by atoms with E-state index in [0.29, 0.717) is 11.3 Å². The Morgan fingerprint density at radius 2 is 2.12 bits per heavy atom. The van der Waals surface area contributed by atoms with E-state index in [4.69, 9.17) is 16.5 Å². The average Bonchev–Trinajstić information content (AvgIpc) is 2.36. The third kappa shape index (κ3) is 3.48. The molecule has 0 radical (unpaired) electrons. The smallest absolute Gasteiger partial charge is 0.275 e. The van der Waals surface area contributed by atoms with Gasteiger partial charge in [-0.3, -0.25) is 15.4 Å². The average molecular weight is 238 g/mol. The van der Waals surface area contributed by atoms with Gasteiger partial charge in [0.1, 0.15) is 0 Å². The first-order valence-corrected chi connectivity index (χ1v) is 4.87. The number of hydrogen-bond donors (Lipinski definition) is 5. The molecule has 0 saturated carbocycles. The molecule has 92 valence electrons. The van der Waals surface area contributed by atoms with Gasteiger partial charge in [-0.05, 0) is 24.3 Å². The molecule has 0 aliphatic carbocycles. The van der Waals surface area contributed by atoms with Crippen LogP contribution >= 0.6 is 0 Å². The van der Waals surface area contributed by atoms with Gasteiger partial charge < -0.3 is 5.73 Å². The Bertz CT molecular complexity index is 380. The highest BCUT2D eigenvalue weighted by atomic mass is 16.5. The van der Waals surface area contributed by atoms with Crippen molar-refractivity contribution in [2.24, 2.45) is 11.0 Å². The molecule has 0 heterocycles. The maximum Gasteiger partial charge on any atom is 0.275 e. The van der Waals surface area contributed by atoms with Crippen molar-refractivity contribution < 1.29 is 10.0 Å². The van der Waals surface area contributed by atoms with Gasteiger partial charge in [0.15, 0.2) is 0 Å². The Morgan fingerprint density at radius 1 is 1.47 bits per heavy atom. The van der Waals surface area contributed by atoms with Crippen LogP contribution in [0.3, 0.4) is 0 Å². The molecular formula is C9H14N6O2. The lowest BCUT2D eigenvalue weighted by Crippen LogP contribution is -2.30. The SMILES string of the molecule is N=NN(CCN)C(=O)c1ccc(NNO)cc1. The van der Waals surface area contributed by atoms with Crippen LogP contribution < -0.4 is 16.7 Å².